The number of methoxy groups -OCH3 is 1. The molecule has 0 amide bonds. The summed E-state index contributed by atoms with van der Waals surface area (Å²) in [6.07, 6.45) is 1.24. The topological polar surface area (TPSA) is 12.5 Å². The monoisotopic (exact) mass is 265 g/mol. The van der Waals surface area contributed by atoms with Gasteiger partial charge in [0.05, 0.1) is 6.61 Å². The number of hydrogen-bond acceptors (Lipinski definition) is 2. The molecule has 0 spiro atoms. The molecule has 0 radical (unpaired) electrons. The lowest BCUT2D eigenvalue weighted by molar-refractivity contribution is 0.0935. The van der Waals surface area contributed by atoms with Gasteiger partial charge in [-0.3, -0.25) is 4.90 Å². The molecule has 0 aromatic carbocycles. The molecule has 0 fully saturated rings. The summed E-state index contributed by atoms with van der Waals surface area (Å²) >= 11 is 3.56. The van der Waals surface area contributed by atoms with Gasteiger partial charge in [-0.2, -0.15) is 0 Å². The average Bonchev–Trinajstić information content (AvgIpc) is 2.20. The lowest BCUT2D eigenvalue weighted by Crippen LogP contribution is -2.39. The van der Waals surface area contributed by atoms with Crippen molar-refractivity contribution in [3.63, 3.8) is 0 Å². The molecule has 2 atom stereocenters. The second kappa shape index (κ2) is 8.69. The fraction of sp³-hybridized carbons (Fsp3) is 1.00. The van der Waals surface area contributed by atoms with Gasteiger partial charge in [-0.1, -0.05) is 36.2 Å². The van der Waals surface area contributed by atoms with E-state index in [1.165, 1.54) is 13.0 Å². The maximum absolute atomic E-state index is 5.18. The summed E-state index contributed by atoms with van der Waals surface area (Å²) in [4.78, 5) is 2.49. The van der Waals surface area contributed by atoms with Crippen molar-refractivity contribution < 1.29 is 4.74 Å². The molecule has 0 heterocycles. The summed E-state index contributed by atoms with van der Waals surface area (Å²) in [5.41, 5.74) is 0. The predicted molar refractivity (Wildman–Crippen MR) is 66.2 cm³/mol. The van der Waals surface area contributed by atoms with Gasteiger partial charge in [0.2, 0.25) is 0 Å². The summed E-state index contributed by atoms with van der Waals surface area (Å²) in [7, 11) is 1.77. The Labute approximate surface area is 97.1 Å². The molecule has 0 aromatic heterocycles. The molecule has 0 aliphatic heterocycles. The first-order chi connectivity index (χ1) is 6.69. The summed E-state index contributed by atoms with van der Waals surface area (Å²) in [6.45, 7) is 9.80. The molecule has 86 valence electrons. The van der Waals surface area contributed by atoms with E-state index in [0.717, 1.165) is 24.4 Å². The Hall–Kier alpha value is 0.400. The van der Waals surface area contributed by atoms with Gasteiger partial charge in [-0.15, -0.1) is 0 Å². The van der Waals surface area contributed by atoms with Crippen LogP contribution < -0.4 is 0 Å². The van der Waals surface area contributed by atoms with Gasteiger partial charge in [0.1, 0.15) is 0 Å². The number of hydrogen-bond donors (Lipinski definition) is 0. The van der Waals surface area contributed by atoms with Crippen molar-refractivity contribution in [1.29, 1.82) is 0 Å². The molecule has 3 heteroatoms. The van der Waals surface area contributed by atoms with Crippen LogP contribution in [0, 0.1) is 5.92 Å². The van der Waals surface area contributed by atoms with Crippen LogP contribution in [0.2, 0.25) is 0 Å². The zero-order valence-electron chi connectivity index (χ0n) is 9.92. The largest absolute Gasteiger partial charge is 0.383 e. The normalized spacial score (nSPS) is 15.9. The minimum absolute atomic E-state index is 0.526. The van der Waals surface area contributed by atoms with Crippen molar-refractivity contribution in [2.45, 2.75) is 33.2 Å². The third-order valence-electron chi connectivity index (χ3n) is 2.73. The van der Waals surface area contributed by atoms with Crippen LogP contribution in [-0.2, 0) is 4.74 Å². The Morgan fingerprint density at radius 2 is 2.00 bits per heavy atom. The van der Waals surface area contributed by atoms with E-state index in [0.29, 0.717) is 6.04 Å². The van der Waals surface area contributed by atoms with Gasteiger partial charge >= 0.3 is 0 Å². The zero-order chi connectivity index (χ0) is 11.0. The number of ether oxygens (including phenoxy) is 1. The maximum Gasteiger partial charge on any atom is 0.0615 e. The van der Waals surface area contributed by atoms with Gasteiger partial charge in [-0.05, 0) is 19.4 Å². The predicted octanol–water partition coefficient (Wildman–Crippen LogP) is 2.76. The smallest absolute Gasteiger partial charge is 0.0615 e. The van der Waals surface area contributed by atoms with E-state index >= 15 is 0 Å². The molecule has 2 nitrogen and oxygen atoms in total. The van der Waals surface area contributed by atoms with Crippen LogP contribution in [0.25, 0.3) is 0 Å². The number of halogens is 1. The van der Waals surface area contributed by atoms with Crippen LogP contribution in [0.1, 0.15) is 27.2 Å². The lowest BCUT2D eigenvalue weighted by Gasteiger charge is -2.30. The Morgan fingerprint density at radius 3 is 2.36 bits per heavy atom. The first-order valence-electron chi connectivity index (χ1n) is 5.48. The minimum atomic E-state index is 0.526. The number of alkyl halides is 1. The van der Waals surface area contributed by atoms with Crippen LogP contribution in [0.4, 0.5) is 0 Å². The maximum atomic E-state index is 5.18. The molecule has 0 aliphatic carbocycles. The highest BCUT2D eigenvalue weighted by molar-refractivity contribution is 9.09. The third-order valence-corrected chi connectivity index (χ3v) is 3.64. The van der Waals surface area contributed by atoms with Crippen molar-refractivity contribution in [2.75, 3.05) is 32.1 Å². The second-order valence-corrected chi connectivity index (χ2v) is 4.47. The van der Waals surface area contributed by atoms with Crippen LogP contribution in [-0.4, -0.2) is 43.1 Å². The first kappa shape index (κ1) is 14.4. The molecule has 2 unspecified atom stereocenters. The van der Waals surface area contributed by atoms with Crippen molar-refractivity contribution in [1.82, 2.24) is 4.90 Å². The van der Waals surface area contributed by atoms with E-state index in [2.05, 4.69) is 41.6 Å². The van der Waals surface area contributed by atoms with E-state index in [1.807, 2.05) is 0 Å². The Kier molecular flexibility index (Phi) is 8.94. The molecule has 14 heavy (non-hydrogen) atoms. The zero-order valence-corrected chi connectivity index (χ0v) is 11.5. The van der Waals surface area contributed by atoms with Gasteiger partial charge in [0, 0.05) is 25.0 Å². The molecule has 0 saturated carbocycles. The van der Waals surface area contributed by atoms with E-state index in [1.54, 1.807) is 7.11 Å². The second-order valence-electron chi connectivity index (χ2n) is 3.82. The third kappa shape index (κ3) is 5.32. The van der Waals surface area contributed by atoms with Crippen LogP contribution in [0.5, 0.6) is 0 Å². The highest BCUT2D eigenvalue weighted by atomic mass is 79.9. The SMILES string of the molecule is CCC(CBr)CN(CC)C(C)COC. The summed E-state index contributed by atoms with van der Waals surface area (Å²) in [5.74, 6) is 0.759. The van der Waals surface area contributed by atoms with Gasteiger partial charge < -0.3 is 4.74 Å². The number of likely N-dealkylation sites (N-methyl/N-ethyl adjacent to an activating group) is 1. The summed E-state index contributed by atoms with van der Waals surface area (Å²) < 4.78 is 5.18. The molecule has 0 aromatic rings. The van der Waals surface area contributed by atoms with Crippen molar-refractivity contribution in [3.8, 4) is 0 Å². The van der Waals surface area contributed by atoms with Crippen LogP contribution >= 0.6 is 15.9 Å². The fourth-order valence-electron chi connectivity index (χ4n) is 1.59. The fourth-order valence-corrected chi connectivity index (χ4v) is 2.25. The Morgan fingerprint density at radius 1 is 1.36 bits per heavy atom. The van der Waals surface area contributed by atoms with E-state index < -0.39 is 0 Å². The molecular formula is C11H24BrNO. The average molecular weight is 266 g/mol. The van der Waals surface area contributed by atoms with Crippen LogP contribution in [0.15, 0.2) is 0 Å². The van der Waals surface area contributed by atoms with Crippen molar-refractivity contribution in [3.05, 3.63) is 0 Å². The molecular weight excluding hydrogens is 242 g/mol. The summed E-state index contributed by atoms with van der Waals surface area (Å²) in [6, 6.07) is 0.526. The number of rotatable bonds is 8. The van der Waals surface area contributed by atoms with E-state index in [-0.39, 0.29) is 0 Å². The minimum Gasteiger partial charge on any atom is -0.383 e. The standard InChI is InChI=1S/C11H24BrNO/c1-5-11(7-12)8-13(6-2)10(3)9-14-4/h10-11H,5-9H2,1-4H3. The molecule has 0 rings (SSSR count). The molecule has 0 saturated heterocycles. The van der Waals surface area contributed by atoms with Gasteiger partial charge in [0.25, 0.3) is 0 Å². The van der Waals surface area contributed by atoms with Gasteiger partial charge in [-0.25, -0.2) is 0 Å². The summed E-state index contributed by atoms with van der Waals surface area (Å²) in [5, 5.41) is 1.10. The Balaban J connectivity index is 3.98. The Bertz CT molecular complexity index is 128. The lowest BCUT2D eigenvalue weighted by atomic mass is 10.1. The van der Waals surface area contributed by atoms with Crippen molar-refractivity contribution in [2.24, 2.45) is 5.92 Å². The number of nitrogens with zero attached hydrogens (tertiary/aromatic N) is 1. The quantitative estimate of drug-likeness (QED) is 0.626. The molecule has 0 N–H and O–H groups in total. The molecule has 0 bridgehead atoms. The highest BCUT2D eigenvalue weighted by Gasteiger charge is 2.15. The first-order valence-corrected chi connectivity index (χ1v) is 6.60. The van der Waals surface area contributed by atoms with E-state index in [4.69, 9.17) is 4.74 Å². The highest BCUT2D eigenvalue weighted by Crippen LogP contribution is 2.11. The van der Waals surface area contributed by atoms with Crippen molar-refractivity contribution >= 4 is 15.9 Å². The van der Waals surface area contributed by atoms with Gasteiger partial charge in [0.15, 0.2) is 0 Å². The van der Waals surface area contributed by atoms with E-state index in [9.17, 15) is 0 Å². The molecule has 0 aliphatic rings. The van der Waals surface area contributed by atoms with Crippen LogP contribution in [0.3, 0.4) is 0 Å².